The Hall–Kier alpha value is -1.56. The van der Waals surface area contributed by atoms with E-state index in [1.165, 1.54) is 0 Å². The summed E-state index contributed by atoms with van der Waals surface area (Å²) in [5.41, 5.74) is 9.91. The van der Waals surface area contributed by atoms with E-state index in [1.807, 2.05) is 37.4 Å². The van der Waals surface area contributed by atoms with Crippen molar-refractivity contribution in [1.29, 1.82) is 0 Å². The van der Waals surface area contributed by atoms with Gasteiger partial charge in [-0.1, -0.05) is 12.1 Å². The Labute approximate surface area is 119 Å². The molecule has 90 valence electrons. The fraction of sp³-hybridized carbons (Fsp3) is 0.0714. The summed E-state index contributed by atoms with van der Waals surface area (Å²) in [5.74, 6) is 0.909. The van der Waals surface area contributed by atoms with Gasteiger partial charge >= 0.3 is 0 Å². The first-order chi connectivity index (χ1) is 8.66. The van der Waals surface area contributed by atoms with Gasteiger partial charge in [0, 0.05) is 21.9 Å². The molecule has 0 aliphatic heterocycles. The van der Waals surface area contributed by atoms with Gasteiger partial charge in [-0.05, 0) is 52.9 Å². The summed E-state index contributed by atoms with van der Waals surface area (Å²) < 4.78 is 3.24. The van der Waals surface area contributed by atoms with Crippen LogP contribution in [0.2, 0.25) is 0 Å². The minimum absolute atomic E-state index is 0.758. The first kappa shape index (κ1) is 11.5. The summed E-state index contributed by atoms with van der Waals surface area (Å²) in [4.78, 5) is 4.66. The van der Waals surface area contributed by atoms with E-state index in [4.69, 9.17) is 5.73 Å². The lowest BCUT2D eigenvalue weighted by Crippen LogP contribution is -1.97. The van der Waals surface area contributed by atoms with Crippen molar-refractivity contribution in [2.75, 3.05) is 5.73 Å². The highest BCUT2D eigenvalue weighted by molar-refractivity contribution is 14.1. The van der Waals surface area contributed by atoms with E-state index in [1.54, 1.807) is 0 Å². The van der Waals surface area contributed by atoms with E-state index in [-0.39, 0.29) is 0 Å². The van der Waals surface area contributed by atoms with Crippen molar-refractivity contribution in [2.45, 2.75) is 0 Å². The van der Waals surface area contributed by atoms with Crippen molar-refractivity contribution in [1.82, 2.24) is 9.55 Å². The largest absolute Gasteiger partial charge is 0.398 e. The number of anilines is 1. The molecule has 2 aromatic carbocycles. The summed E-state index contributed by atoms with van der Waals surface area (Å²) in [5, 5.41) is 0. The van der Waals surface area contributed by atoms with E-state index < -0.39 is 0 Å². The fourth-order valence-corrected chi connectivity index (χ4v) is 2.60. The van der Waals surface area contributed by atoms with Gasteiger partial charge in [0.1, 0.15) is 5.82 Å². The van der Waals surface area contributed by atoms with Gasteiger partial charge in [0.05, 0.1) is 11.0 Å². The van der Waals surface area contributed by atoms with Crippen LogP contribution in [0, 0.1) is 3.57 Å². The Bertz CT molecular complexity index is 731. The van der Waals surface area contributed by atoms with Crippen LogP contribution in [0.1, 0.15) is 0 Å². The summed E-state index contributed by atoms with van der Waals surface area (Å²) in [6.45, 7) is 0. The van der Waals surface area contributed by atoms with E-state index in [9.17, 15) is 0 Å². The summed E-state index contributed by atoms with van der Waals surface area (Å²) in [7, 11) is 2.02. The number of benzene rings is 2. The molecule has 3 rings (SSSR count). The van der Waals surface area contributed by atoms with Crippen LogP contribution >= 0.6 is 22.6 Å². The third-order valence-corrected chi connectivity index (χ3v) is 3.71. The number of halogens is 1. The third-order valence-electron chi connectivity index (χ3n) is 3.04. The number of fused-ring (bicyclic) bond motifs is 1. The molecule has 3 aromatic rings. The standard InChI is InChI=1S/C14H12IN3/c1-18-13-5-3-2-4-12(13)17-14(18)10-8-9(15)6-7-11(10)16/h2-8H,16H2,1H3. The minimum Gasteiger partial charge on any atom is -0.398 e. The third kappa shape index (κ3) is 1.77. The number of hydrogen-bond donors (Lipinski definition) is 1. The van der Waals surface area contributed by atoms with Crippen LogP contribution in [-0.4, -0.2) is 9.55 Å². The zero-order valence-electron chi connectivity index (χ0n) is 9.89. The van der Waals surface area contributed by atoms with Gasteiger partial charge in [0.15, 0.2) is 0 Å². The van der Waals surface area contributed by atoms with Crippen molar-refractivity contribution in [3.8, 4) is 11.4 Å². The van der Waals surface area contributed by atoms with Crippen LogP contribution in [-0.2, 0) is 7.05 Å². The van der Waals surface area contributed by atoms with Crippen LogP contribution in [0.4, 0.5) is 5.69 Å². The molecule has 18 heavy (non-hydrogen) atoms. The topological polar surface area (TPSA) is 43.8 Å². The number of nitrogens with zero attached hydrogens (tertiary/aromatic N) is 2. The molecule has 1 aromatic heterocycles. The van der Waals surface area contributed by atoms with Crippen LogP contribution in [0.15, 0.2) is 42.5 Å². The highest BCUT2D eigenvalue weighted by Crippen LogP contribution is 2.29. The summed E-state index contributed by atoms with van der Waals surface area (Å²) in [6.07, 6.45) is 0. The quantitative estimate of drug-likeness (QED) is 0.540. The SMILES string of the molecule is Cn1c(-c2cc(I)ccc2N)nc2ccccc21. The van der Waals surface area contributed by atoms with Gasteiger partial charge in [-0.2, -0.15) is 0 Å². The molecule has 2 N–H and O–H groups in total. The maximum atomic E-state index is 6.06. The Morgan fingerprint density at radius 2 is 1.94 bits per heavy atom. The number of imidazole rings is 1. The number of aromatic nitrogens is 2. The molecule has 0 spiro atoms. The maximum absolute atomic E-state index is 6.06. The smallest absolute Gasteiger partial charge is 0.142 e. The van der Waals surface area contributed by atoms with Gasteiger partial charge in [0.25, 0.3) is 0 Å². The van der Waals surface area contributed by atoms with Crippen molar-refractivity contribution >= 4 is 39.3 Å². The van der Waals surface area contributed by atoms with Gasteiger partial charge in [-0.15, -0.1) is 0 Å². The zero-order valence-corrected chi connectivity index (χ0v) is 12.0. The van der Waals surface area contributed by atoms with Gasteiger partial charge in [-0.25, -0.2) is 4.98 Å². The molecule has 0 amide bonds. The molecule has 0 atom stereocenters. The van der Waals surface area contributed by atoms with Crippen molar-refractivity contribution in [3.05, 3.63) is 46.0 Å². The molecular formula is C14H12IN3. The van der Waals surface area contributed by atoms with Crippen molar-refractivity contribution in [3.63, 3.8) is 0 Å². The Balaban J connectivity index is 2.31. The first-order valence-corrected chi connectivity index (χ1v) is 6.71. The molecular weight excluding hydrogens is 337 g/mol. The summed E-state index contributed by atoms with van der Waals surface area (Å²) in [6, 6.07) is 14.1. The number of hydrogen-bond acceptors (Lipinski definition) is 2. The highest BCUT2D eigenvalue weighted by Gasteiger charge is 2.12. The van der Waals surface area contributed by atoms with E-state index in [2.05, 4.69) is 44.3 Å². The average molecular weight is 349 g/mol. The molecule has 0 aliphatic carbocycles. The lowest BCUT2D eigenvalue weighted by atomic mass is 10.2. The monoisotopic (exact) mass is 349 g/mol. The highest BCUT2D eigenvalue weighted by atomic mass is 127. The second-order valence-corrected chi connectivity index (χ2v) is 5.46. The first-order valence-electron chi connectivity index (χ1n) is 5.63. The Kier molecular flexibility index (Phi) is 2.74. The number of para-hydroxylation sites is 2. The molecule has 0 saturated heterocycles. The summed E-state index contributed by atoms with van der Waals surface area (Å²) >= 11 is 2.29. The Morgan fingerprint density at radius 1 is 1.17 bits per heavy atom. The van der Waals surface area contributed by atoms with E-state index in [0.29, 0.717) is 0 Å². The van der Waals surface area contributed by atoms with Crippen LogP contribution in [0.3, 0.4) is 0 Å². The molecule has 4 heteroatoms. The predicted molar refractivity (Wildman–Crippen MR) is 83.3 cm³/mol. The van der Waals surface area contributed by atoms with Gasteiger partial charge in [0.2, 0.25) is 0 Å². The number of nitrogens with two attached hydrogens (primary N) is 1. The molecule has 0 saturated carbocycles. The lowest BCUT2D eigenvalue weighted by Gasteiger charge is -2.06. The van der Waals surface area contributed by atoms with Crippen LogP contribution in [0.25, 0.3) is 22.4 Å². The number of aryl methyl sites for hydroxylation is 1. The molecule has 0 radical (unpaired) electrons. The van der Waals surface area contributed by atoms with Crippen LogP contribution < -0.4 is 5.73 Å². The second-order valence-electron chi connectivity index (χ2n) is 4.21. The molecule has 0 fully saturated rings. The van der Waals surface area contributed by atoms with E-state index in [0.717, 1.165) is 31.7 Å². The van der Waals surface area contributed by atoms with Crippen molar-refractivity contribution in [2.24, 2.45) is 7.05 Å². The second kappa shape index (κ2) is 4.28. The molecule has 0 bridgehead atoms. The average Bonchev–Trinajstić information content (AvgIpc) is 2.71. The van der Waals surface area contributed by atoms with Gasteiger partial charge in [-0.3, -0.25) is 0 Å². The van der Waals surface area contributed by atoms with Crippen molar-refractivity contribution < 1.29 is 0 Å². The fourth-order valence-electron chi connectivity index (χ4n) is 2.11. The number of nitrogen functional groups attached to an aromatic ring is 1. The van der Waals surface area contributed by atoms with E-state index >= 15 is 0 Å². The lowest BCUT2D eigenvalue weighted by molar-refractivity contribution is 0.960. The zero-order chi connectivity index (χ0) is 12.7. The number of rotatable bonds is 1. The Morgan fingerprint density at radius 3 is 2.72 bits per heavy atom. The predicted octanol–water partition coefficient (Wildman–Crippen LogP) is 3.43. The molecule has 1 heterocycles. The maximum Gasteiger partial charge on any atom is 0.142 e. The normalized spacial score (nSPS) is 11.0. The molecule has 3 nitrogen and oxygen atoms in total. The van der Waals surface area contributed by atoms with Crippen LogP contribution in [0.5, 0.6) is 0 Å². The molecule has 0 aliphatic rings. The molecule has 0 unspecified atom stereocenters. The van der Waals surface area contributed by atoms with Gasteiger partial charge < -0.3 is 10.3 Å². The minimum atomic E-state index is 0.758.